The highest BCUT2D eigenvalue weighted by molar-refractivity contribution is 7.18. The molecule has 1 fully saturated rings. The number of thiophene rings is 1. The summed E-state index contributed by atoms with van der Waals surface area (Å²) in [4.78, 5) is 22.7. The van der Waals surface area contributed by atoms with Crippen LogP contribution in [0.3, 0.4) is 0 Å². The van der Waals surface area contributed by atoms with Gasteiger partial charge in [-0.2, -0.15) is 0 Å². The van der Waals surface area contributed by atoms with Gasteiger partial charge in [-0.15, -0.1) is 11.3 Å². The molecule has 2 aromatic heterocycles. The summed E-state index contributed by atoms with van der Waals surface area (Å²) in [5.41, 5.74) is 0.905. The Morgan fingerprint density at radius 1 is 1.47 bits per heavy atom. The van der Waals surface area contributed by atoms with Gasteiger partial charge >= 0.3 is 0 Å². The molecule has 0 amide bonds. The molecule has 1 aliphatic carbocycles. The standard InChI is InChI=1S/C13H14N2OS/c1-2-9-5-10-11(6-12(16)8-3-4-8)14-7-15-13(10)17-9/h5,7-8H,2-4,6H2,1H3. The lowest BCUT2D eigenvalue weighted by atomic mass is 10.1. The van der Waals surface area contributed by atoms with Gasteiger partial charge in [-0.1, -0.05) is 6.92 Å². The minimum Gasteiger partial charge on any atom is -0.299 e. The predicted octanol–water partition coefficient (Wildman–Crippen LogP) is 2.78. The fourth-order valence-electron chi connectivity index (χ4n) is 1.98. The van der Waals surface area contributed by atoms with Crippen molar-refractivity contribution in [3.63, 3.8) is 0 Å². The van der Waals surface area contributed by atoms with Crippen molar-refractivity contribution in [3.8, 4) is 0 Å². The summed E-state index contributed by atoms with van der Waals surface area (Å²) in [6, 6.07) is 2.13. The number of fused-ring (bicyclic) bond motifs is 1. The molecule has 0 spiro atoms. The number of hydrogen-bond acceptors (Lipinski definition) is 4. The van der Waals surface area contributed by atoms with Crippen molar-refractivity contribution < 1.29 is 4.79 Å². The molecule has 3 rings (SSSR count). The molecule has 0 radical (unpaired) electrons. The van der Waals surface area contributed by atoms with E-state index in [0.29, 0.717) is 18.1 Å². The second kappa shape index (κ2) is 4.18. The molecule has 88 valence electrons. The molecular weight excluding hydrogens is 232 g/mol. The second-order valence-electron chi connectivity index (χ2n) is 4.52. The van der Waals surface area contributed by atoms with Crippen LogP contribution in [0.4, 0.5) is 0 Å². The van der Waals surface area contributed by atoms with Crippen LogP contribution in [0.25, 0.3) is 10.2 Å². The molecule has 0 atom stereocenters. The number of carbonyl (C=O) groups is 1. The summed E-state index contributed by atoms with van der Waals surface area (Å²) in [6.45, 7) is 2.13. The number of nitrogens with zero attached hydrogens (tertiary/aromatic N) is 2. The van der Waals surface area contributed by atoms with Gasteiger partial charge in [-0.25, -0.2) is 9.97 Å². The molecule has 1 aliphatic rings. The normalized spacial score (nSPS) is 15.4. The highest BCUT2D eigenvalue weighted by Gasteiger charge is 2.29. The molecule has 17 heavy (non-hydrogen) atoms. The van der Waals surface area contributed by atoms with Gasteiger partial charge in [-0.3, -0.25) is 4.79 Å². The molecule has 0 aliphatic heterocycles. The van der Waals surface area contributed by atoms with Crippen LogP contribution in [0.5, 0.6) is 0 Å². The van der Waals surface area contributed by atoms with E-state index in [4.69, 9.17) is 0 Å². The Morgan fingerprint density at radius 2 is 2.29 bits per heavy atom. The lowest BCUT2D eigenvalue weighted by Gasteiger charge is -1.99. The van der Waals surface area contributed by atoms with E-state index in [1.54, 1.807) is 17.7 Å². The van der Waals surface area contributed by atoms with Crippen molar-refractivity contribution in [2.24, 2.45) is 5.92 Å². The number of ketones is 1. The average Bonchev–Trinajstić information content (AvgIpc) is 3.09. The molecule has 0 saturated heterocycles. The lowest BCUT2D eigenvalue weighted by molar-refractivity contribution is -0.119. The van der Waals surface area contributed by atoms with E-state index in [1.165, 1.54) is 4.88 Å². The van der Waals surface area contributed by atoms with Crippen LogP contribution >= 0.6 is 11.3 Å². The summed E-state index contributed by atoms with van der Waals surface area (Å²) in [7, 11) is 0. The van der Waals surface area contributed by atoms with Crippen LogP contribution in [0.1, 0.15) is 30.3 Å². The third kappa shape index (κ3) is 2.09. The van der Waals surface area contributed by atoms with E-state index in [0.717, 1.165) is 35.2 Å². The van der Waals surface area contributed by atoms with Crippen LogP contribution in [0.15, 0.2) is 12.4 Å². The van der Waals surface area contributed by atoms with E-state index in [1.807, 2.05) is 0 Å². The average molecular weight is 246 g/mol. The first kappa shape index (κ1) is 10.8. The number of rotatable bonds is 4. The molecule has 0 bridgehead atoms. The smallest absolute Gasteiger partial charge is 0.141 e. The summed E-state index contributed by atoms with van der Waals surface area (Å²) < 4.78 is 0. The minimum atomic E-state index is 0.310. The number of aromatic nitrogens is 2. The van der Waals surface area contributed by atoms with Gasteiger partial charge in [0.15, 0.2) is 0 Å². The molecule has 2 heterocycles. The zero-order valence-corrected chi connectivity index (χ0v) is 10.6. The maximum absolute atomic E-state index is 11.8. The van der Waals surface area contributed by atoms with Crippen molar-refractivity contribution in [1.82, 2.24) is 9.97 Å². The minimum absolute atomic E-state index is 0.310. The molecular formula is C13H14N2OS. The SMILES string of the molecule is CCc1cc2c(CC(=O)C3CC3)ncnc2s1. The molecule has 2 aromatic rings. The Morgan fingerprint density at radius 3 is 3.00 bits per heavy atom. The number of hydrogen-bond donors (Lipinski definition) is 0. The highest BCUT2D eigenvalue weighted by Crippen LogP contribution is 2.32. The molecule has 1 saturated carbocycles. The van der Waals surface area contributed by atoms with Crippen molar-refractivity contribution in [2.75, 3.05) is 0 Å². The topological polar surface area (TPSA) is 42.9 Å². The van der Waals surface area contributed by atoms with E-state index < -0.39 is 0 Å². The summed E-state index contributed by atoms with van der Waals surface area (Å²) in [5.74, 6) is 0.651. The number of aryl methyl sites for hydroxylation is 1. The van der Waals surface area contributed by atoms with Crippen LogP contribution in [0, 0.1) is 5.92 Å². The van der Waals surface area contributed by atoms with E-state index in [9.17, 15) is 4.79 Å². The van der Waals surface area contributed by atoms with Gasteiger partial charge in [-0.05, 0) is 25.3 Å². The largest absolute Gasteiger partial charge is 0.299 e. The zero-order valence-electron chi connectivity index (χ0n) is 9.77. The van der Waals surface area contributed by atoms with Gasteiger partial charge in [0.25, 0.3) is 0 Å². The Hall–Kier alpha value is -1.29. The third-order valence-corrected chi connectivity index (χ3v) is 4.37. The fourth-order valence-corrected chi connectivity index (χ4v) is 2.94. The highest BCUT2D eigenvalue weighted by atomic mass is 32.1. The summed E-state index contributed by atoms with van der Waals surface area (Å²) in [6.07, 6.45) is 5.20. The fraction of sp³-hybridized carbons (Fsp3) is 0.462. The van der Waals surface area contributed by atoms with Gasteiger partial charge in [0, 0.05) is 22.6 Å². The Kier molecular flexibility index (Phi) is 2.67. The van der Waals surface area contributed by atoms with Crippen molar-refractivity contribution in [2.45, 2.75) is 32.6 Å². The van der Waals surface area contributed by atoms with Gasteiger partial charge < -0.3 is 0 Å². The summed E-state index contributed by atoms with van der Waals surface area (Å²) >= 11 is 1.70. The number of carbonyl (C=O) groups excluding carboxylic acids is 1. The Labute approximate surface area is 104 Å². The van der Waals surface area contributed by atoms with Crippen molar-refractivity contribution in [1.29, 1.82) is 0 Å². The third-order valence-electron chi connectivity index (χ3n) is 3.19. The first-order valence-electron chi connectivity index (χ1n) is 6.03. The molecule has 0 unspecified atom stereocenters. The van der Waals surface area contributed by atoms with E-state index in [2.05, 4.69) is 23.0 Å². The van der Waals surface area contributed by atoms with Crippen LogP contribution in [-0.2, 0) is 17.6 Å². The van der Waals surface area contributed by atoms with Crippen LogP contribution in [-0.4, -0.2) is 15.8 Å². The molecule has 0 N–H and O–H groups in total. The van der Waals surface area contributed by atoms with Gasteiger partial charge in [0.1, 0.15) is 16.9 Å². The molecule has 0 aromatic carbocycles. The Bertz CT molecular complexity index is 572. The Balaban J connectivity index is 1.96. The number of Topliss-reactive ketones (excluding diaryl/α,β-unsaturated/α-hetero) is 1. The lowest BCUT2D eigenvalue weighted by Crippen LogP contribution is -2.06. The van der Waals surface area contributed by atoms with E-state index >= 15 is 0 Å². The molecule has 4 heteroatoms. The monoisotopic (exact) mass is 246 g/mol. The first-order chi connectivity index (χ1) is 8.28. The van der Waals surface area contributed by atoms with Gasteiger partial charge in [0.2, 0.25) is 0 Å². The summed E-state index contributed by atoms with van der Waals surface area (Å²) in [5, 5.41) is 1.07. The first-order valence-corrected chi connectivity index (χ1v) is 6.84. The van der Waals surface area contributed by atoms with E-state index in [-0.39, 0.29) is 0 Å². The molecule has 3 nitrogen and oxygen atoms in total. The van der Waals surface area contributed by atoms with Crippen molar-refractivity contribution in [3.05, 3.63) is 23.0 Å². The second-order valence-corrected chi connectivity index (χ2v) is 5.64. The van der Waals surface area contributed by atoms with Gasteiger partial charge in [0.05, 0.1) is 5.69 Å². The van der Waals surface area contributed by atoms with Crippen LogP contribution in [0.2, 0.25) is 0 Å². The maximum Gasteiger partial charge on any atom is 0.141 e. The zero-order chi connectivity index (χ0) is 11.8. The van der Waals surface area contributed by atoms with Crippen LogP contribution < -0.4 is 0 Å². The predicted molar refractivity (Wildman–Crippen MR) is 68.2 cm³/mol. The van der Waals surface area contributed by atoms with Crippen molar-refractivity contribution >= 4 is 27.3 Å². The quantitative estimate of drug-likeness (QED) is 0.833. The maximum atomic E-state index is 11.8.